The zero-order chi connectivity index (χ0) is 15.9. The smallest absolute Gasteiger partial charge is 0.343 e. The Morgan fingerprint density at radius 1 is 1.41 bits per heavy atom. The van der Waals surface area contributed by atoms with Crippen LogP contribution in [-0.2, 0) is 14.5 Å². The lowest BCUT2D eigenvalue weighted by Gasteiger charge is -2.30. The average Bonchev–Trinajstić information content (AvgIpc) is 3.05. The van der Waals surface area contributed by atoms with Crippen LogP contribution in [0.25, 0.3) is 0 Å². The Balaban J connectivity index is 2.31. The number of halogens is 1. The fourth-order valence-corrected chi connectivity index (χ4v) is 2.69. The Bertz CT molecular complexity index is 509. The van der Waals surface area contributed by atoms with Gasteiger partial charge in [-0.05, 0) is 31.4 Å². The van der Waals surface area contributed by atoms with Crippen LogP contribution in [0.2, 0.25) is 5.28 Å². The number of anilines is 1. The SMILES string of the molecule is CCOOCN(c1nc(Cl)ncc1C(=O)OC)C1CCCC1. The second-order valence-electron chi connectivity index (χ2n) is 4.93. The van der Waals surface area contributed by atoms with Gasteiger partial charge in [0.15, 0.2) is 6.73 Å². The Labute approximate surface area is 134 Å². The first-order valence-electron chi connectivity index (χ1n) is 7.29. The van der Waals surface area contributed by atoms with Gasteiger partial charge < -0.3 is 9.64 Å². The minimum Gasteiger partial charge on any atom is -0.465 e. The lowest BCUT2D eigenvalue weighted by atomic mass is 10.2. The Kier molecular flexibility index (Phi) is 6.35. The second-order valence-corrected chi connectivity index (χ2v) is 5.27. The summed E-state index contributed by atoms with van der Waals surface area (Å²) in [4.78, 5) is 32.1. The number of hydrogen-bond acceptors (Lipinski definition) is 7. The molecule has 0 amide bonds. The van der Waals surface area contributed by atoms with E-state index in [-0.39, 0.29) is 23.6 Å². The van der Waals surface area contributed by atoms with Gasteiger partial charge in [-0.1, -0.05) is 12.8 Å². The third-order valence-corrected chi connectivity index (χ3v) is 3.76. The van der Waals surface area contributed by atoms with E-state index in [0.29, 0.717) is 12.4 Å². The van der Waals surface area contributed by atoms with E-state index in [4.69, 9.17) is 26.1 Å². The molecule has 0 bridgehead atoms. The van der Waals surface area contributed by atoms with Gasteiger partial charge in [0, 0.05) is 12.2 Å². The quantitative estimate of drug-likeness (QED) is 0.190. The van der Waals surface area contributed by atoms with E-state index in [0.717, 1.165) is 25.7 Å². The van der Waals surface area contributed by atoms with Gasteiger partial charge in [-0.2, -0.15) is 4.98 Å². The fraction of sp³-hybridized carbons (Fsp3) is 0.643. The molecule has 0 aromatic carbocycles. The van der Waals surface area contributed by atoms with Gasteiger partial charge in [-0.15, -0.1) is 0 Å². The maximum absolute atomic E-state index is 12.0. The molecule has 22 heavy (non-hydrogen) atoms. The van der Waals surface area contributed by atoms with Gasteiger partial charge in [-0.3, -0.25) is 0 Å². The van der Waals surface area contributed by atoms with Crippen LogP contribution in [0.3, 0.4) is 0 Å². The summed E-state index contributed by atoms with van der Waals surface area (Å²) in [6.07, 6.45) is 5.62. The summed E-state index contributed by atoms with van der Waals surface area (Å²) < 4.78 is 4.79. The molecular formula is C14H20ClN3O4. The second kappa shape index (κ2) is 8.26. The van der Waals surface area contributed by atoms with Crippen molar-refractivity contribution in [1.82, 2.24) is 9.97 Å². The van der Waals surface area contributed by atoms with E-state index < -0.39 is 5.97 Å². The highest BCUT2D eigenvalue weighted by atomic mass is 35.5. The number of esters is 1. The van der Waals surface area contributed by atoms with Crippen molar-refractivity contribution in [3.63, 3.8) is 0 Å². The van der Waals surface area contributed by atoms with E-state index >= 15 is 0 Å². The first-order valence-corrected chi connectivity index (χ1v) is 7.67. The lowest BCUT2D eigenvalue weighted by Crippen LogP contribution is -2.37. The van der Waals surface area contributed by atoms with Crippen molar-refractivity contribution in [1.29, 1.82) is 0 Å². The molecule has 7 nitrogen and oxygen atoms in total. The first kappa shape index (κ1) is 16.9. The van der Waals surface area contributed by atoms with Crippen LogP contribution in [0.15, 0.2) is 6.20 Å². The van der Waals surface area contributed by atoms with Crippen molar-refractivity contribution in [3.8, 4) is 0 Å². The minimum absolute atomic E-state index is 0.0714. The largest absolute Gasteiger partial charge is 0.465 e. The third-order valence-electron chi connectivity index (χ3n) is 3.58. The van der Waals surface area contributed by atoms with Crippen LogP contribution >= 0.6 is 11.6 Å². The van der Waals surface area contributed by atoms with Gasteiger partial charge in [0.2, 0.25) is 5.28 Å². The van der Waals surface area contributed by atoms with Gasteiger partial charge in [0.1, 0.15) is 11.4 Å². The standard InChI is InChI=1S/C14H20ClN3O4/c1-3-21-22-9-18(10-6-4-5-7-10)12-11(13(19)20-2)8-16-14(15)17-12/h8,10H,3-7,9H2,1-2H3. The van der Waals surface area contributed by atoms with E-state index in [2.05, 4.69) is 9.97 Å². The number of rotatable bonds is 7. The van der Waals surface area contributed by atoms with Gasteiger partial charge >= 0.3 is 5.97 Å². The molecule has 0 N–H and O–H groups in total. The van der Waals surface area contributed by atoms with Gasteiger partial charge in [-0.25, -0.2) is 19.6 Å². The summed E-state index contributed by atoms with van der Waals surface area (Å²) in [5, 5.41) is 0.0714. The minimum atomic E-state index is -0.508. The molecular weight excluding hydrogens is 310 g/mol. The maximum Gasteiger partial charge on any atom is 0.343 e. The molecule has 1 aliphatic rings. The topological polar surface area (TPSA) is 73.8 Å². The molecule has 1 aromatic heterocycles. The third kappa shape index (κ3) is 4.06. The number of carbonyl (C=O) groups excluding carboxylic acids is 1. The van der Waals surface area contributed by atoms with Crippen molar-refractivity contribution in [2.24, 2.45) is 0 Å². The molecule has 0 spiro atoms. The summed E-state index contributed by atoms with van der Waals surface area (Å²) in [5.74, 6) is -0.0930. The van der Waals surface area contributed by atoms with E-state index in [1.54, 1.807) is 0 Å². The summed E-state index contributed by atoms with van der Waals surface area (Å²) >= 11 is 5.90. The fourth-order valence-electron chi connectivity index (χ4n) is 2.56. The molecule has 1 aromatic rings. The predicted octanol–water partition coefficient (Wildman–Crippen LogP) is 2.59. The normalized spacial score (nSPS) is 15.0. The average molecular weight is 330 g/mol. The maximum atomic E-state index is 12.0. The van der Waals surface area contributed by atoms with Crippen LogP contribution in [0, 0.1) is 0 Å². The van der Waals surface area contributed by atoms with Crippen LogP contribution in [0.5, 0.6) is 0 Å². The summed E-state index contributed by atoms with van der Waals surface area (Å²) in [6.45, 7) is 2.43. The van der Waals surface area contributed by atoms with Crippen molar-refractivity contribution < 1.29 is 19.3 Å². The van der Waals surface area contributed by atoms with Crippen LogP contribution in [0.1, 0.15) is 43.0 Å². The monoisotopic (exact) mass is 329 g/mol. The Morgan fingerprint density at radius 2 is 2.14 bits per heavy atom. The van der Waals surface area contributed by atoms with Crippen molar-refractivity contribution in [2.75, 3.05) is 25.3 Å². The predicted molar refractivity (Wildman–Crippen MR) is 80.7 cm³/mol. The summed E-state index contributed by atoms with van der Waals surface area (Å²) in [7, 11) is 1.32. The first-order chi connectivity index (χ1) is 10.7. The molecule has 1 aliphatic carbocycles. The highest BCUT2D eigenvalue weighted by molar-refractivity contribution is 6.28. The number of ether oxygens (including phenoxy) is 1. The molecule has 122 valence electrons. The van der Waals surface area contributed by atoms with E-state index in [9.17, 15) is 4.79 Å². The van der Waals surface area contributed by atoms with E-state index in [1.165, 1.54) is 13.3 Å². The number of methoxy groups -OCH3 is 1. The van der Waals surface area contributed by atoms with Gasteiger partial charge in [0.05, 0.1) is 13.7 Å². The molecule has 0 unspecified atom stereocenters. The van der Waals surface area contributed by atoms with Crippen LogP contribution in [0.4, 0.5) is 5.82 Å². The highest BCUT2D eigenvalue weighted by Gasteiger charge is 2.28. The van der Waals surface area contributed by atoms with Crippen LogP contribution < -0.4 is 4.90 Å². The summed E-state index contributed by atoms with van der Waals surface area (Å²) in [5.41, 5.74) is 0.263. The molecule has 0 saturated heterocycles. The van der Waals surface area contributed by atoms with Crippen molar-refractivity contribution in [3.05, 3.63) is 17.0 Å². The lowest BCUT2D eigenvalue weighted by molar-refractivity contribution is -0.291. The Morgan fingerprint density at radius 3 is 2.77 bits per heavy atom. The molecule has 0 atom stereocenters. The zero-order valence-corrected chi connectivity index (χ0v) is 13.5. The number of carbonyl (C=O) groups is 1. The summed E-state index contributed by atoms with van der Waals surface area (Å²) in [6, 6.07) is 0.217. The Hall–Kier alpha value is -1.44. The van der Waals surface area contributed by atoms with Gasteiger partial charge in [0.25, 0.3) is 0 Å². The van der Waals surface area contributed by atoms with Crippen molar-refractivity contribution in [2.45, 2.75) is 38.6 Å². The number of nitrogens with zero attached hydrogens (tertiary/aromatic N) is 3. The zero-order valence-electron chi connectivity index (χ0n) is 12.7. The number of hydrogen-bond donors (Lipinski definition) is 0. The molecule has 1 saturated carbocycles. The highest BCUT2D eigenvalue weighted by Crippen LogP contribution is 2.30. The van der Waals surface area contributed by atoms with Crippen molar-refractivity contribution >= 4 is 23.4 Å². The molecule has 1 heterocycles. The van der Waals surface area contributed by atoms with E-state index in [1.807, 2.05) is 11.8 Å². The van der Waals surface area contributed by atoms with Crippen LogP contribution in [-0.4, -0.2) is 42.4 Å². The molecule has 0 aliphatic heterocycles. The molecule has 1 fully saturated rings. The molecule has 8 heteroatoms. The molecule has 2 rings (SSSR count). The number of aromatic nitrogens is 2. The molecule has 0 radical (unpaired) electrons.